The molecule has 1 aliphatic heterocycles. The normalized spacial score (nSPS) is 27.9. The van der Waals surface area contributed by atoms with Crippen molar-refractivity contribution in [3.8, 4) is 0 Å². The largest absolute Gasteiger partial charge is 0.379 e. The Morgan fingerprint density at radius 1 is 1.27 bits per heavy atom. The Morgan fingerprint density at radius 2 is 1.95 bits per heavy atom. The summed E-state index contributed by atoms with van der Waals surface area (Å²) < 4.78 is 0. The first-order valence-electron chi connectivity index (χ1n) is 9.11. The Hall–Kier alpha value is -0.610. The highest BCUT2D eigenvalue weighted by molar-refractivity contribution is 5.86. The van der Waals surface area contributed by atoms with Gasteiger partial charge in [-0.1, -0.05) is 33.1 Å². The van der Waals surface area contributed by atoms with Crippen molar-refractivity contribution in [1.82, 2.24) is 9.80 Å². The fourth-order valence-electron chi connectivity index (χ4n) is 4.20. The van der Waals surface area contributed by atoms with Gasteiger partial charge in [-0.05, 0) is 44.6 Å². The highest BCUT2D eigenvalue weighted by Gasteiger charge is 2.43. The molecule has 2 aliphatic rings. The van der Waals surface area contributed by atoms with Crippen LogP contribution in [0.15, 0.2) is 0 Å². The minimum atomic E-state index is -1.17. The minimum Gasteiger partial charge on any atom is -0.379 e. The molecule has 1 amide bonds. The molecule has 1 N–H and O–H groups in total. The van der Waals surface area contributed by atoms with Gasteiger partial charge >= 0.3 is 0 Å². The first-order valence-corrected chi connectivity index (χ1v) is 9.11. The van der Waals surface area contributed by atoms with Crippen LogP contribution in [0.5, 0.6) is 0 Å². The van der Waals surface area contributed by atoms with Gasteiger partial charge in [0.15, 0.2) is 5.60 Å². The summed E-state index contributed by atoms with van der Waals surface area (Å²) in [4.78, 5) is 16.8. The van der Waals surface area contributed by atoms with Crippen molar-refractivity contribution in [2.45, 2.75) is 64.4 Å². The van der Waals surface area contributed by atoms with Gasteiger partial charge in [-0.25, -0.2) is 0 Å². The molecule has 0 aromatic carbocycles. The van der Waals surface area contributed by atoms with Crippen LogP contribution in [0.25, 0.3) is 0 Å². The molecule has 0 radical (unpaired) electrons. The molecule has 128 valence electrons. The maximum Gasteiger partial charge on any atom is 0.255 e. The Labute approximate surface area is 135 Å². The summed E-state index contributed by atoms with van der Waals surface area (Å²) in [7, 11) is 2.01. The summed E-state index contributed by atoms with van der Waals surface area (Å²) >= 11 is 0. The average Bonchev–Trinajstić information content (AvgIpc) is 2.44. The van der Waals surface area contributed by atoms with Crippen LogP contribution in [0.1, 0.15) is 58.8 Å². The molecular formula is C18H34N2O2. The molecule has 1 saturated heterocycles. The second-order valence-electron chi connectivity index (χ2n) is 7.98. The second-order valence-corrected chi connectivity index (χ2v) is 7.98. The van der Waals surface area contributed by atoms with Crippen molar-refractivity contribution in [2.75, 3.05) is 33.2 Å². The number of piperidine rings is 1. The quantitative estimate of drug-likeness (QED) is 0.820. The fourth-order valence-corrected chi connectivity index (χ4v) is 4.20. The van der Waals surface area contributed by atoms with Gasteiger partial charge in [0, 0.05) is 26.2 Å². The number of hydrogen-bond donors (Lipinski definition) is 1. The Bertz CT molecular complexity index is 366. The number of likely N-dealkylation sites (N-methyl/N-ethyl adjacent to an activating group) is 1. The zero-order valence-corrected chi connectivity index (χ0v) is 14.7. The molecule has 22 heavy (non-hydrogen) atoms. The number of carbonyl (C=O) groups excluding carboxylic acids is 1. The van der Waals surface area contributed by atoms with Crippen LogP contribution in [0.3, 0.4) is 0 Å². The van der Waals surface area contributed by atoms with Gasteiger partial charge in [-0.3, -0.25) is 4.79 Å². The molecule has 2 fully saturated rings. The van der Waals surface area contributed by atoms with E-state index in [1.165, 1.54) is 32.1 Å². The Kier molecular flexibility index (Phi) is 6.27. The maximum absolute atomic E-state index is 12.8. The third kappa shape index (κ3) is 4.69. The third-order valence-electron chi connectivity index (χ3n) is 5.12. The van der Waals surface area contributed by atoms with Crippen LogP contribution in [0.2, 0.25) is 0 Å². The van der Waals surface area contributed by atoms with E-state index in [1.54, 1.807) is 0 Å². The first-order chi connectivity index (χ1) is 10.4. The van der Waals surface area contributed by atoms with E-state index in [2.05, 4.69) is 18.7 Å². The molecule has 1 aliphatic carbocycles. The molecule has 1 saturated carbocycles. The van der Waals surface area contributed by atoms with Crippen LogP contribution in [0, 0.1) is 11.8 Å². The lowest BCUT2D eigenvalue weighted by Gasteiger charge is -2.42. The smallest absolute Gasteiger partial charge is 0.255 e. The van der Waals surface area contributed by atoms with Crippen molar-refractivity contribution in [2.24, 2.45) is 11.8 Å². The van der Waals surface area contributed by atoms with Gasteiger partial charge in [0.05, 0.1) is 0 Å². The van der Waals surface area contributed by atoms with Crippen LogP contribution in [0.4, 0.5) is 0 Å². The van der Waals surface area contributed by atoms with E-state index in [0.717, 1.165) is 26.1 Å². The summed E-state index contributed by atoms with van der Waals surface area (Å²) in [5, 5.41) is 10.9. The van der Waals surface area contributed by atoms with Gasteiger partial charge < -0.3 is 14.9 Å². The number of carbonyl (C=O) groups is 1. The number of hydrogen-bond acceptors (Lipinski definition) is 3. The lowest BCUT2D eigenvalue weighted by Crippen LogP contribution is -2.59. The molecule has 0 spiro atoms. The van der Waals surface area contributed by atoms with Crippen molar-refractivity contribution in [1.29, 1.82) is 0 Å². The number of aliphatic hydroxyl groups is 1. The highest BCUT2D eigenvalue weighted by Crippen LogP contribution is 2.29. The lowest BCUT2D eigenvalue weighted by molar-refractivity contribution is -0.160. The maximum atomic E-state index is 12.8. The average molecular weight is 310 g/mol. The molecule has 4 heteroatoms. The predicted molar refractivity (Wildman–Crippen MR) is 89.7 cm³/mol. The number of rotatable bonds is 6. The van der Waals surface area contributed by atoms with E-state index in [-0.39, 0.29) is 5.91 Å². The van der Waals surface area contributed by atoms with Crippen molar-refractivity contribution >= 4 is 5.91 Å². The summed E-state index contributed by atoms with van der Waals surface area (Å²) in [6, 6.07) is 0. The molecule has 0 bridgehead atoms. The second kappa shape index (κ2) is 7.78. The number of nitrogens with zero attached hydrogens (tertiary/aromatic N) is 2. The topological polar surface area (TPSA) is 43.8 Å². The zero-order chi connectivity index (χ0) is 16.2. The SMILES string of the molecule is CC(C)CN(C)CC1(O)CCCN(CC2CCCCC2)C1=O. The Morgan fingerprint density at radius 3 is 2.59 bits per heavy atom. The number of amides is 1. The zero-order valence-electron chi connectivity index (χ0n) is 14.7. The van der Waals surface area contributed by atoms with Crippen LogP contribution < -0.4 is 0 Å². The molecule has 0 aromatic heterocycles. The van der Waals surface area contributed by atoms with Crippen LogP contribution >= 0.6 is 0 Å². The molecule has 0 aromatic rings. The predicted octanol–water partition coefficient (Wildman–Crippen LogP) is 2.51. The van der Waals surface area contributed by atoms with Gasteiger partial charge in [-0.2, -0.15) is 0 Å². The van der Waals surface area contributed by atoms with Gasteiger partial charge in [-0.15, -0.1) is 0 Å². The summed E-state index contributed by atoms with van der Waals surface area (Å²) in [5.74, 6) is 1.17. The van der Waals surface area contributed by atoms with Crippen LogP contribution in [-0.4, -0.2) is 59.6 Å². The van der Waals surface area contributed by atoms with Crippen molar-refractivity contribution in [3.63, 3.8) is 0 Å². The standard InChI is InChI=1S/C18H34N2O2/c1-15(2)12-19(3)14-18(22)10-7-11-20(17(18)21)13-16-8-5-4-6-9-16/h15-16,22H,4-14H2,1-3H3. The molecule has 4 nitrogen and oxygen atoms in total. The van der Waals surface area contributed by atoms with Crippen LogP contribution in [-0.2, 0) is 4.79 Å². The molecule has 2 rings (SSSR count). The summed E-state index contributed by atoms with van der Waals surface area (Å²) in [5.41, 5.74) is -1.17. The first kappa shape index (κ1) is 17.7. The van der Waals surface area contributed by atoms with Gasteiger partial charge in [0.1, 0.15) is 0 Å². The fraction of sp³-hybridized carbons (Fsp3) is 0.944. The van der Waals surface area contributed by atoms with Gasteiger partial charge in [0.2, 0.25) is 0 Å². The van der Waals surface area contributed by atoms with E-state index in [9.17, 15) is 9.90 Å². The highest BCUT2D eigenvalue weighted by atomic mass is 16.3. The molecular weight excluding hydrogens is 276 g/mol. The van der Waals surface area contributed by atoms with Crippen molar-refractivity contribution in [3.05, 3.63) is 0 Å². The van der Waals surface area contributed by atoms with E-state index in [4.69, 9.17) is 0 Å². The van der Waals surface area contributed by atoms with Crippen molar-refractivity contribution < 1.29 is 9.90 Å². The molecule has 1 heterocycles. The van der Waals surface area contributed by atoms with E-state index in [1.807, 2.05) is 11.9 Å². The summed E-state index contributed by atoms with van der Waals surface area (Å²) in [6.45, 7) is 7.39. The van der Waals surface area contributed by atoms with E-state index in [0.29, 0.717) is 24.8 Å². The monoisotopic (exact) mass is 310 g/mol. The summed E-state index contributed by atoms with van der Waals surface area (Å²) in [6.07, 6.45) is 7.96. The third-order valence-corrected chi connectivity index (χ3v) is 5.12. The minimum absolute atomic E-state index is 0.0278. The molecule has 1 atom stereocenters. The Balaban J connectivity index is 1.92. The van der Waals surface area contributed by atoms with Gasteiger partial charge in [0.25, 0.3) is 5.91 Å². The van der Waals surface area contributed by atoms with E-state index < -0.39 is 5.60 Å². The lowest BCUT2D eigenvalue weighted by atomic mass is 9.86. The number of likely N-dealkylation sites (tertiary alicyclic amines) is 1. The molecule has 1 unspecified atom stereocenters. The van der Waals surface area contributed by atoms with E-state index >= 15 is 0 Å².